The summed E-state index contributed by atoms with van der Waals surface area (Å²) < 4.78 is 36.6. The summed E-state index contributed by atoms with van der Waals surface area (Å²) in [5.74, 6) is 0. The molecule has 0 aliphatic heterocycles. The molecule has 0 saturated heterocycles. The number of hydrogen-bond donors (Lipinski definition) is 0. The fourth-order valence-electron chi connectivity index (χ4n) is 1.09. The molecule has 0 fully saturated rings. The zero-order chi connectivity index (χ0) is 10.2. The van der Waals surface area contributed by atoms with Crippen LogP contribution >= 0.6 is 12.4 Å². The van der Waals surface area contributed by atoms with Gasteiger partial charge in [-0.3, -0.25) is 4.98 Å². The number of rotatable bonds is 0. The Morgan fingerprint density at radius 2 is 1.60 bits per heavy atom. The van der Waals surface area contributed by atoms with E-state index in [1.54, 1.807) is 18.2 Å². The first-order valence-electron chi connectivity index (χ1n) is 3.86. The Bertz CT molecular complexity index is 470. The van der Waals surface area contributed by atoms with Crippen LogP contribution in [-0.2, 0) is 6.18 Å². The summed E-state index contributed by atoms with van der Waals surface area (Å²) in [6.07, 6.45) is -3.70. The first kappa shape index (κ1) is 11.7. The molecule has 0 spiro atoms. The number of aromatic nitrogens is 2. The van der Waals surface area contributed by atoms with Gasteiger partial charge in [-0.05, 0) is 12.1 Å². The minimum absolute atomic E-state index is 0. The first-order valence-corrected chi connectivity index (χ1v) is 3.86. The number of para-hydroxylation sites is 2. The minimum atomic E-state index is -4.43. The van der Waals surface area contributed by atoms with Crippen molar-refractivity contribution in [3.63, 3.8) is 0 Å². The number of halogens is 4. The standard InChI is InChI=1S/C9H5F3N2.ClH/c10-9(11,12)8-5-13-6-3-1-2-4-7(6)14-8;/h1-5H;1H. The molecule has 80 valence electrons. The van der Waals surface area contributed by atoms with Crippen LogP contribution in [0.1, 0.15) is 5.69 Å². The van der Waals surface area contributed by atoms with Crippen LogP contribution in [0.2, 0.25) is 0 Å². The van der Waals surface area contributed by atoms with Gasteiger partial charge < -0.3 is 0 Å². The molecule has 2 rings (SSSR count). The summed E-state index contributed by atoms with van der Waals surface area (Å²) in [6.45, 7) is 0. The van der Waals surface area contributed by atoms with E-state index in [0.717, 1.165) is 6.20 Å². The first-order chi connectivity index (χ1) is 6.57. The summed E-state index contributed by atoms with van der Waals surface area (Å²) in [5.41, 5.74) is -0.251. The third-order valence-corrected chi connectivity index (χ3v) is 1.74. The van der Waals surface area contributed by atoms with Gasteiger partial charge in [0.2, 0.25) is 0 Å². The Hall–Kier alpha value is -1.36. The van der Waals surface area contributed by atoms with Gasteiger partial charge in [0.05, 0.1) is 17.2 Å². The molecule has 0 atom stereocenters. The Kier molecular flexibility index (Phi) is 3.14. The molecule has 1 aromatic heterocycles. The Morgan fingerprint density at radius 1 is 1.00 bits per heavy atom. The van der Waals surface area contributed by atoms with E-state index in [1.165, 1.54) is 6.07 Å². The normalized spacial score (nSPS) is 11.1. The lowest BCUT2D eigenvalue weighted by Gasteiger charge is -2.05. The van der Waals surface area contributed by atoms with Crippen LogP contribution in [0.25, 0.3) is 11.0 Å². The van der Waals surface area contributed by atoms with Crippen molar-refractivity contribution in [1.82, 2.24) is 9.97 Å². The molecule has 0 radical (unpaired) electrons. The van der Waals surface area contributed by atoms with Gasteiger partial charge in [0.15, 0.2) is 5.69 Å². The van der Waals surface area contributed by atoms with Crippen molar-refractivity contribution in [2.75, 3.05) is 0 Å². The van der Waals surface area contributed by atoms with Crippen LogP contribution in [0.5, 0.6) is 0 Å². The van der Waals surface area contributed by atoms with E-state index in [4.69, 9.17) is 0 Å². The maximum absolute atomic E-state index is 12.2. The molecule has 6 heteroatoms. The van der Waals surface area contributed by atoms with E-state index in [0.29, 0.717) is 5.52 Å². The van der Waals surface area contributed by atoms with E-state index in [-0.39, 0.29) is 17.9 Å². The molecule has 1 aromatic carbocycles. The Labute approximate surface area is 89.6 Å². The molecular weight excluding hydrogens is 229 g/mol. The zero-order valence-electron chi connectivity index (χ0n) is 7.32. The summed E-state index contributed by atoms with van der Waals surface area (Å²) >= 11 is 0. The predicted molar refractivity (Wildman–Crippen MR) is 51.8 cm³/mol. The van der Waals surface area contributed by atoms with Gasteiger partial charge in [-0.25, -0.2) is 4.98 Å². The van der Waals surface area contributed by atoms with Crippen LogP contribution in [0.15, 0.2) is 30.5 Å². The molecule has 0 unspecified atom stereocenters. The predicted octanol–water partition coefficient (Wildman–Crippen LogP) is 3.07. The van der Waals surface area contributed by atoms with Crippen molar-refractivity contribution in [2.24, 2.45) is 0 Å². The van der Waals surface area contributed by atoms with Crippen LogP contribution in [0.4, 0.5) is 13.2 Å². The molecule has 0 bridgehead atoms. The fraction of sp³-hybridized carbons (Fsp3) is 0.111. The van der Waals surface area contributed by atoms with Gasteiger partial charge in [-0.1, -0.05) is 12.1 Å². The topological polar surface area (TPSA) is 25.8 Å². The highest BCUT2D eigenvalue weighted by molar-refractivity contribution is 5.85. The van der Waals surface area contributed by atoms with Gasteiger partial charge in [0, 0.05) is 0 Å². The second kappa shape index (κ2) is 4.02. The second-order valence-electron chi connectivity index (χ2n) is 2.74. The van der Waals surface area contributed by atoms with Crippen molar-refractivity contribution < 1.29 is 13.2 Å². The molecule has 0 saturated carbocycles. The number of fused-ring (bicyclic) bond motifs is 1. The van der Waals surface area contributed by atoms with Gasteiger partial charge in [0.1, 0.15) is 0 Å². The summed E-state index contributed by atoms with van der Waals surface area (Å²) in [6, 6.07) is 6.43. The monoisotopic (exact) mass is 234 g/mol. The largest absolute Gasteiger partial charge is 0.434 e. The second-order valence-corrected chi connectivity index (χ2v) is 2.74. The van der Waals surface area contributed by atoms with E-state index in [2.05, 4.69) is 9.97 Å². The molecule has 1 heterocycles. The van der Waals surface area contributed by atoms with Crippen molar-refractivity contribution in [3.8, 4) is 0 Å². The van der Waals surface area contributed by atoms with Crippen LogP contribution in [0, 0.1) is 0 Å². The smallest absolute Gasteiger partial charge is 0.252 e. The average molecular weight is 235 g/mol. The van der Waals surface area contributed by atoms with Gasteiger partial charge in [-0.15, -0.1) is 12.4 Å². The third kappa shape index (κ3) is 2.36. The van der Waals surface area contributed by atoms with Crippen molar-refractivity contribution >= 4 is 23.4 Å². The number of hydrogen-bond acceptors (Lipinski definition) is 2. The van der Waals surface area contributed by atoms with Crippen LogP contribution < -0.4 is 0 Å². The van der Waals surface area contributed by atoms with E-state index in [9.17, 15) is 13.2 Å². The SMILES string of the molecule is Cl.FC(F)(F)c1cnc2ccccc2n1. The lowest BCUT2D eigenvalue weighted by atomic mass is 10.3. The lowest BCUT2D eigenvalue weighted by molar-refractivity contribution is -0.141. The number of alkyl halides is 3. The minimum Gasteiger partial charge on any atom is -0.252 e. The quantitative estimate of drug-likeness (QED) is 0.700. The zero-order valence-corrected chi connectivity index (χ0v) is 8.14. The van der Waals surface area contributed by atoms with Crippen LogP contribution in [0.3, 0.4) is 0 Å². The van der Waals surface area contributed by atoms with Crippen LogP contribution in [-0.4, -0.2) is 9.97 Å². The van der Waals surface area contributed by atoms with E-state index >= 15 is 0 Å². The molecule has 15 heavy (non-hydrogen) atoms. The van der Waals surface area contributed by atoms with Gasteiger partial charge >= 0.3 is 6.18 Å². The Balaban J connectivity index is 0.00000112. The lowest BCUT2D eigenvalue weighted by Crippen LogP contribution is -2.08. The highest BCUT2D eigenvalue weighted by Gasteiger charge is 2.32. The molecule has 2 aromatic rings. The molecular formula is C9H6ClF3N2. The Morgan fingerprint density at radius 3 is 2.20 bits per heavy atom. The average Bonchev–Trinajstić information content (AvgIpc) is 2.16. The maximum atomic E-state index is 12.2. The highest BCUT2D eigenvalue weighted by Crippen LogP contribution is 2.27. The number of nitrogens with zero attached hydrogens (tertiary/aromatic N) is 2. The van der Waals surface area contributed by atoms with E-state index in [1.807, 2.05) is 0 Å². The fourth-order valence-corrected chi connectivity index (χ4v) is 1.09. The molecule has 2 nitrogen and oxygen atoms in total. The van der Waals surface area contributed by atoms with Crippen molar-refractivity contribution in [1.29, 1.82) is 0 Å². The molecule has 0 aliphatic rings. The maximum Gasteiger partial charge on any atom is 0.434 e. The van der Waals surface area contributed by atoms with Gasteiger partial charge in [0.25, 0.3) is 0 Å². The van der Waals surface area contributed by atoms with Gasteiger partial charge in [-0.2, -0.15) is 13.2 Å². The molecule has 0 aliphatic carbocycles. The molecule has 0 amide bonds. The number of benzene rings is 1. The highest BCUT2D eigenvalue weighted by atomic mass is 35.5. The summed E-state index contributed by atoms with van der Waals surface area (Å²) in [5, 5.41) is 0. The third-order valence-electron chi connectivity index (χ3n) is 1.74. The summed E-state index contributed by atoms with van der Waals surface area (Å²) in [4.78, 5) is 7.12. The van der Waals surface area contributed by atoms with E-state index < -0.39 is 11.9 Å². The van der Waals surface area contributed by atoms with Crippen molar-refractivity contribution in [2.45, 2.75) is 6.18 Å². The van der Waals surface area contributed by atoms with Crippen molar-refractivity contribution in [3.05, 3.63) is 36.2 Å². The summed E-state index contributed by atoms with van der Waals surface area (Å²) in [7, 11) is 0. The molecule has 0 N–H and O–H groups in total.